The van der Waals surface area contributed by atoms with Crippen molar-refractivity contribution >= 4 is 17.5 Å². The van der Waals surface area contributed by atoms with Crippen LogP contribution in [0.2, 0.25) is 5.02 Å². The Bertz CT molecular complexity index is 836. The Labute approximate surface area is 178 Å². The number of hydrogen-bond acceptors (Lipinski definition) is 4. The van der Waals surface area contributed by atoms with Crippen LogP contribution in [0.5, 0.6) is 0 Å². The summed E-state index contributed by atoms with van der Waals surface area (Å²) in [4.78, 5) is 21.8. The highest BCUT2D eigenvalue weighted by Gasteiger charge is 2.46. The van der Waals surface area contributed by atoms with Gasteiger partial charge in [0.15, 0.2) is 0 Å². The molecule has 2 aliphatic rings. The van der Waals surface area contributed by atoms with Crippen molar-refractivity contribution in [2.45, 2.75) is 38.4 Å². The van der Waals surface area contributed by atoms with E-state index in [1.165, 1.54) is 5.56 Å². The number of aromatic nitrogens is 1. The summed E-state index contributed by atoms with van der Waals surface area (Å²) in [6.07, 6.45) is 4.96. The number of pyridine rings is 1. The van der Waals surface area contributed by atoms with Crippen LogP contribution in [0.25, 0.3) is 0 Å². The second kappa shape index (κ2) is 8.82. The molecular formula is C23H29ClN4O. The minimum Gasteiger partial charge on any atom is -0.349 e. The van der Waals surface area contributed by atoms with Gasteiger partial charge in [0.05, 0.1) is 18.3 Å². The molecule has 1 aromatic heterocycles. The number of carbonyl (C=O) groups excluding carboxylic acids is 1. The van der Waals surface area contributed by atoms with Crippen LogP contribution in [0.4, 0.5) is 0 Å². The SMILES string of the molecule is CN1CC2(CCN(Cc3ccccc3Cl)CC2)CC1C(=O)NCc1ccccn1. The van der Waals surface area contributed by atoms with Crippen molar-refractivity contribution in [3.8, 4) is 0 Å². The minimum atomic E-state index is -0.0474. The first-order valence-electron chi connectivity index (χ1n) is 10.4. The van der Waals surface area contributed by atoms with E-state index in [0.29, 0.717) is 6.54 Å². The van der Waals surface area contributed by atoms with E-state index in [4.69, 9.17) is 11.6 Å². The number of halogens is 1. The lowest BCUT2D eigenvalue weighted by Crippen LogP contribution is -2.41. The molecule has 1 atom stereocenters. The lowest BCUT2D eigenvalue weighted by molar-refractivity contribution is -0.125. The van der Waals surface area contributed by atoms with Crippen LogP contribution in [0, 0.1) is 5.41 Å². The molecule has 1 spiro atoms. The topological polar surface area (TPSA) is 48.5 Å². The maximum atomic E-state index is 12.8. The second-order valence-electron chi connectivity index (χ2n) is 8.54. The van der Waals surface area contributed by atoms with Crippen molar-refractivity contribution in [2.75, 3.05) is 26.7 Å². The summed E-state index contributed by atoms with van der Waals surface area (Å²) < 4.78 is 0. The third-order valence-electron chi connectivity index (χ3n) is 6.48. The zero-order valence-electron chi connectivity index (χ0n) is 17.0. The fourth-order valence-corrected chi connectivity index (χ4v) is 4.97. The molecule has 2 fully saturated rings. The molecular weight excluding hydrogens is 384 g/mol. The van der Waals surface area contributed by atoms with Gasteiger partial charge in [0.25, 0.3) is 0 Å². The first-order chi connectivity index (χ1) is 14.0. The van der Waals surface area contributed by atoms with Crippen LogP contribution in [0.3, 0.4) is 0 Å². The Kier molecular flexibility index (Phi) is 6.18. The molecule has 29 heavy (non-hydrogen) atoms. The zero-order valence-corrected chi connectivity index (χ0v) is 17.7. The van der Waals surface area contributed by atoms with Crippen LogP contribution in [0.15, 0.2) is 48.7 Å². The summed E-state index contributed by atoms with van der Waals surface area (Å²) in [5, 5.41) is 3.92. The number of benzene rings is 1. The van der Waals surface area contributed by atoms with Crippen molar-refractivity contribution in [2.24, 2.45) is 5.41 Å². The van der Waals surface area contributed by atoms with Crippen LogP contribution in [0.1, 0.15) is 30.5 Å². The molecule has 2 aliphatic heterocycles. The largest absolute Gasteiger partial charge is 0.349 e. The van der Waals surface area contributed by atoms with E-state index in [2.05, 4.69) is 33.2 Å². The van der Waals surface area contributed by atoms with Gasteiger partial charge < -0.3 is 5.32 Å². The molecule has 2 aromatic rings. The Morgan fingerprint density at radius 2 is 1.97 bits per heavy atom. The number of hydrogen-bond donors (Lipinski definition) is 1. The highest BCUT2D eigenvalue weighted by Crippen LogP contribution is 2.43. The van der Waals surface area contributed by atoms with Gasteiger partial charge in [-0.05, 0) is 68.6 Å². The van der Waals surface area contributed by atoms with E-state index in [0.717, 1.165) is 56.2 Å². The minimum absolute atomic E-state index is 0.0474. The number of amides is 1. The molecule has 154 valence electrons. The smallest absolute Gasteiger partial charge is 0.237 e. The summed E-state index contributed by atoms with van der Waals surface area (Å²) in [5.74, 6) is 0.119. The molecule has 5 nitrogen and oxygen atoms in total. The molecule has 1 aromatic carbocycles. The van der Waals surface area contributed by atoms with E-state index < -0.39 is 0 Å². The Morgan fingerprint density at radius 3 is 2.69 bits per heavy atom. The van der Waals surface area contributed by atoms with Gasteiger partial charge in [0, 0.05) is 24.3 Å². The van der Waals surface area contributed by atoms with Gasteiger partial charge >= 0.3 is 0 Å². The van der Waals surface area contributed by atoms with Crippen molar-refractivity contribution in [1.29, 1.82) is 0 Å². The van der Waals surface area contributed by atoms with E-state index in [9.17, 15) is 4.79 Å². The summed E-state index contributed by atoms with van der Waals surface area (Å²) in [5.41, 5.74) is 2.34. The van der Waals surface area contributed by atoms with Gasteiger partial charge in [-0.2, -0.15) is 0 Å². The molecule has 0 bridgehead atoms. The number of rotatable bonds is 5. The highest BCUT2D eigenvalue weighted by atomic mass is 35.5. The van der Waals surface area contributed by atoms with E-state index in [1.807, 2.05) is 36.4 Å². The number of carbonyl (C=O) groups is 1. The Balaban J connectivity index is 1.30. The number of nitrogens with one attached hydrogen (secondary N) is 1. The third-order valence-corrected chi connectivity index (χ3v) is 6.85. The first-order valence-corrected chi connectivity index (χ1v) is 10.8. The fourth-order valence-electron chi connectivity index (χ4n) is 4.78. The number of piperidine rings is 1. The van der Waals surface area contributed by atoms with Gasteiger partial charge in [-0.1, -0.05) is 35.9 Å². The summed E-state index contributed by atoms with van der Waals surface area (Å²) in [6.45, 7) is 4.50. The van der Waals surface area contributed by atoms with Gasteiger partial charge in [-0.25, -0.2) is 0 Å². The molecule has 0 radical (unpaired) electrons. The van der Waals surface area contributed by atoms with Crippen molar-refractivity contribution in [3.63, 3.8) is 0 Å². The van der Waals surface area contributed by atoms with Crippen LogP contribution in [-0.4, -0.2) is 53.4 Å². The van der Waals surface area contributed by atoms with Gasteiger partial charge in [0.1, 0.15) is 0 Å². The van der Waals surface area contributed by atoms with Crippen LogP contribution in [-0.2, 0) is 17.9 Å². The molecule has 1 amide bonds. The molecule has 2 saturated heterocycles. The molecule has 3 heterocycles. The molecule has 0 saturated carbocycles. The first kappa shape index (κ1) is 20.3. The lowest BCUT2D eigenvalue weighted by atomic mass is 9.76. The lowest BCUT2D eigenvalue weighted by Gasteiger charge is -2.39. The third kappa shape index (κ3) is 4.80. The number of likely N-dealkylation sites (N-methyl/N-ethyl adjacent to an activating group) is 1. The molecule has 4 rings (SSSR count). The predicted octanol–water partition coefficient (Wildman–Crippen LogP) is 3.34. The maximum absolute atomic E-state index is 12.8. The van der Waals surface area contributed by atoms with E-state index in [-0.39, 0.29) is 17.4 Å². The van der Waals surface area contributed by atoms with Crippen molar-refractivity contribution in [3.05, 3.63) is 64.9 Å². The molecule has 1 unspecified atom stereocenters. The fraction of sp³-hybridized carbons (Fsp3) is 0.478. The van der Waals surface area contributed by atoms with Gasteiger partial charge in [-0.3, -0.25) is 19.6 Å². The average molecular weight is 413 g/mol. The predicted molar refractivity (Wildman–Crippen MR) is 116 cm³/mol. The molecule has 6 heteroatoms. The molecule has 1 N–H and O–H groups in total. The number of likely N-dealkylation sites (tertiary alicyclic amines) is 2. The van der Waals surface area contributed by atoms with Crippen molar-refractivity contribution in [1.82, 2.24) is 20.1 Å². The van der Waals surface area contributed by atoms with Gasteiger partial charge in [-0.15, -0.1) is 0 Å². The van der Waals surface area contributed by atoms with Crippen LogP contribution >= 0.6 is 11.6 Å². The summed E-state index contributed by atoms with van der Waals surface area (Å²) in [6, 6.07) is 13.8. The second-order valence-corrected chi connectivity index (χ2v) is 8.95. The molecule has 0 aliphatic carbocycles. The number of nitrogens with zero attached hydrogens (tertiary/aromatic N) is 3. The quantitative estimate of drug-likeness (QED) is 0.818. The Hall–Kier alpha value is -1.95. The average Bonchev–Trinajstić information content (AvgIpc) is 3.06. The van der Waals surface area contributed by atoms with Crippen LogP contribution < -0.4 is 5.32 Å². The maximum Gasteiger partial charge on any atom is 0.237 e. The highest BCUT2D eigenvalue weighted by molar-refractivity contribution is 6.31. The monoisotopic (exact) mass is 412 g/mol. The van der Waals surface area contributed by atoms with E-state index in [1.54, 1.807) is 6.20 Å². The Morgan fingerprint density at radius 1 is 1.21 bits per heavy atom. The zero-order chi connectivity index (χ0) is 20.3. The summed E-state index contributed by atoms with van der Waals surface area (Å²) >= 11 is 6.33. The normalized spacial score (nSPS) is 22.1. The van der Waals surface area contributed by atoms with Gasteiger partial charge in [0.2, 0.25) is 5.91 Å². The van der Waals surface area contributed by atoms with Crippen molar-refractivity contribution < 1.29 is 4.79 Å². The standard InChI is InChI=1S/C23H29ClN4O/c1-27-17-23(14-21(27)22(29)26-15-19-7-4-5-11-25-19)9-12-28(13-10-23)16-18-6-2-3-8-20(18)24/h2-8,11,21H,9-10,12-17H2,1H3,(H,26,29). The summed E-state index contributed by atoms with van der Waals surface area (Å²) in [7, 11) is 2.08. The van der Waals surface area contributed by atoms with E-state index >= 15 is 0 Å².